The lowest BCUT2D eigenvalue weighted by Crippen LogP contribution is -2.20. The zero-order valence-electron chi connectivity index (χ0n) is 14.7. The number of nitro benzene ring substituents is 2. The molecular weight excluding hydrogens is 348 g/mol. The van der Waals surface area contributed by atoms with Gasteiger partial charge in [-0.1, -0.05) is 49.6 Å². The molecule has 0 radical (unpaired) electrons. The van der Waals surface area contributed by atoms with Crippen LogP contribution in [-0.4, -0.2) is 15.6 Å². The highest BCUT2D eigenvalue weighted by atomic mass is 16.6. The van der Waals surface area contributed by atoms with E-state index in [0.717, 1.165) is 43.0 Å². The number of anilines is 1. The van der Waals surface area contributed by atoms with Gasteiger partial charge in [0.1, 0.15) is 5.69 Å². The fraction of sp³-hybridized carbons (Fsp3) is 0.316. The Kier molecular flexibility index (Phi) is 5.75. The second-order valence-electron chi connectivity index (χ2n) is 6.53. The molecule has 3 rings (SSSR count). The van der Waals surface area contributed by atoms with Crippen molar-refractivity contribution < 1.29 is 9.85 Å². The molecule has 0 amide bonds. The van der Waals surface area contributed by atoms with Crippen molar-refractivity contribution in [3.63, 3.8) is 0 Å². The molecule has 140 valence electrons. The number of nitrogens with zero attached hydrogens (tertiary/aromatic N) is 3. The molecule has 1 aliphatic rings. The van der Waals surface area contributed by atoms with Gasteiger partial charge in [0.15, 0.2) is 0 Å². The van der Waals surface area contributed by atoms with Crippen LogP contribution in [0, 0.1) is 26.1 Å². The molecule has 1 saturated carbocycles. The van der Waals surface area contributed by atoms with E-state index in [1.54, 1.807) is 0 Å². The van der Waals surface area contributed by atoms with E-state index < -0.39 is 9.85 Å². The average Bonchev–Trinajstić information content (AvgIpc) is 2.69. The maximum Gasteiger partial charge on any atom is 0.301 e. The zero-order chi connectivity index (χ0) is 19.2. The van der Waals surface area contributed by atoms with Crippen LogP contribution >= 0.6 is 0 Å². The van der Waals surface area contributed by atoms with Crippen LogP contribution in [0.1, 0.15) is 37.7 Å². The van der Waals surface area contributed by atoms with Crippen LogP contribution in [0.15, 0.2) is 53.6 Å². The van der Waals surface area contributed by atoms with Gasteiger partial charge in [-0.05, 0) is 24.5 Å². The second kappa shape index (κ2) is 8.39. The summed E-state index contributed by atoms with van der Waals surface area (Å²) in [4.78, 5) is 20.9. The molecule has 27 heavy (non-hydrogen) atoms. The maximum atomic E-state index is 11.3. The molecule has 8 heteroatoms. The summed E-state index contributed by atoms with van der Waals surface area (Å²) in [6.07, 6.45) is 5.53. The Labute approximate surface area is 156 Å². The molecule has 8 nitrogen and oxygen atoms in total. The third-order valence-corrected chi connectivity index (χ3v) is 4.75. The molecule has 0 spiro atoms. The molecule has 0 aromatic heterocycles. The average molecular weight is 368 g/mol. The molecule has 0 atom stereocenters. The van der Waals surface area contributed by atoms with E-state index in [1.807, 2.05) is 30.3 Å². The van der Waals surface area contributed by atoms with Gasteiger partial charge >= 0.3 is 5.69 Å². The first kappa shape index (κ1) is 18.5. The predicted molar refractivity (Wildman–Crippen MR) is 103 cm³/mol. The van der Waals surface area contributed by atoms with Crippen LogP contribution in [0.5, 0.6) is 0 Å². The van der Waals surface area contributed by atoms with Crippen LogP contribution in [0.3, 0.4) is 0 Å². The van der Waals surface area contributed by atoms with Crippen molar-refractivity contribution in [2.75, 3.05) is 5.43 Å². The van der Waals surface area contributed by atoms with E-state index >= 15 is 0 Å². The first-order valence-corrected chi connectivity index (χ1v) is 8.88. The molecular formula is C19H20N4O4. The molecule has 0 bridgehead atoms. The van der Waals surface area contributed by atoms with Crippen LogP contribution in [0.25, 0.3) is 0 Å². The number of benzene rings is 2. The molecule has 0 heterocycles. The summed E-state index contributed by atoms with van der Waals surface area (Å²) in [5.41, 5.74) is 4.05. The van der Waals surface area contributed by atoms with Gasteiger partial charge in [0, 0.05) is 12.0 Å². The Morgan fingerprint density at radius 2 is 1.67 bits per heavy atom. The number of hydrogen-bond acceptors (Lipinski definition) is 6. The molecule has 0 aliphatic heterocycles. The fourth-order valence-electron chi connectivity index (χ4n) is 3.38. The number of nitrogens with one attached hydrogen (secondary N) is 1. The Bertz CT molecular complexity index is 861. The summed E-state index contributed by atoms with van der Waals surface area (Å²) in [5.74, 6) is 0.283. The Balaban J connectivity index is 1.94. The Hall–Kier alpha value is -3.29. The second-order valence-corrected chi connectivity index (χ2v) is 6.53. The molecule has 0 unspecified atom stereocenters. The summed E-state index contributed by atoms with van der Waals surface area (Å²) in [7, 11) is 0. The number of nitro groups is 2. The molecule has 2 aromatic rings. The van der Waals surface area contributed by atoms with Gasteiger partial charge in [0.05, 0.1) is 21.6 Å². The zero-order valence-corrected chi connectivity index (χ0v) is 14.7. The standard InChI is InChI=1S/C19H20N4O4/c24-22(25)16-11-12-17(18(13-16)23(26)27)20-21-19(14-7-3-1-4-8-14)15-9-5-2-6-10-15/h1,3-4,7-8,11-13,15,20H,2,5-6,9-10H2. The van der Waals surface area contributed by atoms with Crippen LogP contribution in [0.4, 0.5) is 17.1 Å². The van der Waals surface area contributed by atoms with E-state index in [4.69, 9.17) is 0 Å². The number of non-ortho nitro benzene ring substituents is 1. The van der Waals surface area contributed by atoms with E-state index in [-0.39, 0.29) is 23.0 Å². The number of hydrogen-bond donors (Lipinski definition) is 1. The quantitative estimate of drug-likeness (QED) is 0.443. The van der Waals surface area contributed by atoms with E-state index in [1.165, 1.54) is 18.6 Å². The lowest BCUT2D eigenvalue weighted by Gasteiger charge is -2.23. The van der Waals surface area contributed by atoms with Gasteiger partial charge in [-0.15, -0.1) is 0 Å². The summed E-state index contributed by atoms with van der Waals surface area (Å²) in [6.45, 7) is 0. The van der Waals surface area contributed by atoms with Crippen molar-refractivity contribution in [1.29, 1.82) is 0 Å². The van der Waals surface area contributed by atoms with Gasteiger partial charge in [-0.3, -0.25) is 25.7 Å². The molecule has 1 aliphatic carbocycles. The predicted octanol–water partition coefficient (Wildman–Crippen LogP) is 4.90. The minimum Gasteiger partial charge on any atom is -0.271 e. The van der Waals surface area contributed by atoms with Crippen molar-refractivity contribution >= 4 is 22.8 Å². The van der Waals surface area contributed by atoms with E-state index in [2.05, 4.69) is 10.5 Å². The number of hydrazone groups is 1. The van der Waals surface area contributed by atoms with Crippen molar-refractivity contribution in [3.05, 3.63) is 74.3 Å². The Morgan fingerprint density at radius 1 is 0.963 bits per heavy atom. The fourth-order valence-corrected chi connectivity index (χ4v) is 3.38. The van der Waals surface area contributed by atoms with E-state index in [0.29, 0.717) is 0 Å². The lowest BCUT2D eigenvalue weighted by atomic mass is 9.83. The highest BCUT2D eigenvalue weighted by molar-refractivity contribution is 6.02. The lowest BCUT2D eigenvalue weighted by molar-refractivity contribution is -0.393. The van der Waals surface area contributed by atoms with Gasteiger partial charge in [-0.2, -0.15) is 5.10 Å². The summed E-state index contributed by atoms with van der Waals surface area (Å²) < 4.78 is 0. The monoisotopic (exact) mass is 368 g/mol. The Morgan fingerprint density at radius 3 is 2.30 bits per heavy atom. The third kappa shape index (κ3) is 4.46. The first-order valence-electron chi connectivity index (χ1n) is 8.88. The number of rotatable bonds is 6. The molecule has 0 saturated heterocycles. The van der Waals surface area contributed by atoms with Crippen molar-refractivity contribution in [3.8, 4) is 0 Å². The van der Waals surface area contributed by atoms with Crippen molar-refractivity contribution in [1.82, 2.24) is 0 Å². The highest BCUT2D eigenvalue weighted by Crippen LogP contribution is 2.31. The first-order chi connectivity index (χ1) is 13.1. The molecule has 1 N–H and O–H groups in total. The van der Waals surface area contributed by atoms with Gasteiger partial charge in [0.25, 0.3) is 5.69 Å². The molecule has 2 aromatic carbocycles. The normalized spacial score (nSPS) is 15.3. The summed E-state index contributed by atoms with van der Waals surface area (Å²) in [6, 6.07) is 13.2. The maximum absolute atomic E-state index is 11.3. The van der Waals surface area contributed by atoms with Crippen LogP contribution in [0.2, 0.25) is 0 Å². The van der Waals surface area contributed by atoms with Crippen molar-refractivity contribution in [2.24, 2.45) is 11.0 Å². The summed E-state index contributed by atoms with van der Waals surface area (Å²) >= 11 is 0. The highest BCUT2D eigenvalue weighted by Gasteiger charge is 2.23. The van der Waals surface area contributed by atoms with Gasteiger partial charge < -0.3 is 0 Å². The SMILES string of the molecule is O=[N+]([O-])c1ccc(NN=C(c2ccccc2)C2CCCCC2)c([N+](=O)[O-])c1. The van der Waals surface area contributed by atoms with Crippen LogP contribution in [-0.2, 0) is 0 Å². The smallest absolute Gasteiger partial charge is 0.271 e. The minimum absolute atomic E-state index is 0.134. The third-order valence-electron chi connectivity index (χ3n) is 4.75. The topological polar surface area (TPSA) is 111 Å². The van der Waals surface area contributed by atoms with Gasteiger partial charge in [0.2, 0.25) is 0 Å². The molecule has 1 fully saturated rings. The summed E-state index contributed by atoms with van der Waals surface area (Å²) in [5, 5.41) is 26.7. The largest absolute Gasteiger partial charge is 0.301 e. The van der Waals surface area contributed by atoms with Crippen LogP contribution < -0.4 is 5.43 Å². The van der Waals surface area contributed by atoms with Gasteiger partial charge in [-0.25, -0.2) is 0 Å². The van der Waals surface area contributed by atoms with Crippen molar-refractivity contribution in [2.45, 2.75) is 32.1 Å². The minimum atomic E-state index is -0.655. The van der Waals surface area contributed by atoms with E-state index in [9.17, 15) is 20.2 Å².